The summed E-state index contributed by atoms with van der Waals surface area (Å²) in [5.74, 6) is 0.582. The molecule has 2 aliphatic carbocycles. The molecule has 1 unspecified atom stereocenters. The lowest BCUT2D eigenvalue weighted by Crippen LogP contribution is -2.12. The molecule has 5 heteroatoms. The maximum Gasteiger partial charge on any atom is 0.202 e. The minimum atomic E-state index is -0.312. The fourth-order valence-electron chi connectivity index (χ4n) is 4.23. The van der Waals surface area contributed by atoms with Crippen LogP contribution < -0.4 is 5.32 Å². The van der Waals surface area contributed by atoms with E-state index in [-0.39, 0.29) is 17.2 Å². The van der Waals surface area contributed by atoms with E-state index in [1.807, 2.05) is 18.2 Å². The van der Waals surface area contributed by atoms with E-state index in [0.29, 0.717) is 18.7 Å². The number of benzene rings is 1. The first-order valence-corrected chi connectivity index (χ1v) is 8.18. The largest absolute Gasteiger partial charge is 0.494 e. The van der Waals surface area contributed by atoms with E-state index in [2.05, 4.69) is 5.32 Å². The Balaban J connectivity index is 1.64. The number of fused-ring (bicyclic) bond motifs is 3. The summed E-state index contributed by atoms with van der Waals surface area (Å²) < 4.78 is 1.53. The second kappa shape index (κ2) is 4.10. The molecular weight excluding hydrogens is 292 g/mol. The number of aromatic nitrogens is 1. The van der Waals surface area contributed by atoms with Crippen molar-refractivity contribution >= 4 is 11.5 Å². The quantitative estimate of drug-likeness (QED) is 0.756. The van der Waals surface area contributed by atoms with Crippen molar-refractivity contribution in [3.8, 4) is 17.4 Å². The van der Waals surface area contributed by atoms with Crippen LogP contribution in [-0.4, -0.2) is 27.1 Å². The van der Waals surface area contributed by atoms with E-state index in [4.69, 9.17) is 0 Å². The highest BCUT2D eigenvalue weighted by Crippen LogP contribution is 2.52. The summed E-state index contributed by atoms with van der Waals surface area (Å²) in [6.07, 6.45) is 4.31. The van der Waals surface area contributed by atoms with Gasteiger partial charge < -0.3 is 15.5 Å². The van der Waals surface area contributed by atoms with E-state index in [0.717, 1.165) is 53.7 Å². The van der Waals surface area contributed by atoms with Crippen molar-refractivity contribution in [3.63, 3.8) is 0 Å². The third-order valence-electron chi connectivity index (χ3n) is 5.66. The first-order chi connectivity index (χ1) is 11.1. The monoisotopic (exact) mass is 310 g/mol. The molecule has 118 valence electrons. The molecule has 0 amide bonds. The molecule has 2 heterocycles. The van der Waals surface area contributed by atoms with Gasteiger partial charge in [-0.25, -0.2) is 0 Å². The predicted molar refractivity (Wildman–Crippen MR) is 85.5 cm³/mol. The Labute approximate surface area is 133 Å². The lowest BCUT2D eigenvalue weighted by molar-refractivity contribution is -0.111. The van der Waals surface area contributed by atoms with Crippen LogP contribution in [0.4, 0.5) is 5.69 Å². The Morgan fingerprint density at radius 2 is 1.74 bits per heavy atom. The average molecular weight is 310 g/mol. The first-order valence-electron chi connectivity index (χ1n) is 8.18. The molecule has 1 aromatic heterocycles. The number of hydrogen-bond donors (Lipinski definition) is 3. The van der Waals surface area contributed by atoms with Crippen molar-refractivity contribution in [3.05, 3.63) is 34.9 Å². The molecule has 0 saturated heterocycles. The highest BCUT2D eigenvalue weighted by molar-refractivity contribution is 6.09. The SMILES string of the molecule is O=C1CC12CNc1cc(-n3c(O)c4c(c3O)CCCC4)ccc12. The molecule has 1 aliphatic heterocycles. The molecule has 5 nitrogen and oxygen atoms in total. The van der Waals surface area contributed by atoms with Crippen LogP contribution in [0.15, 0.2) is 18.2 Å². The van der Waals surface area contributed by atoms with Gasteiger partial charge in [-0.05, 0) is 43.4 Å². The van der Waals surface area contributed by atoms with Gasteiger partial charge in [0.25, 0.3) is 0 Å². The molecule has 0 bridgehead atoms. The summed E-state index contributed by atoms with van der Waals surface area (Å²) in [5, 5.41) is 24.4. The molecule has 0 radical (unpaired) electrons. The van der Waals surface area contributed by atoms with Crippen molar-refractivity contribution < 1.29 is 15.0 Å². The average Bonchev–Trinajstić information content (AvgIpc) is 2.96. The van der Waals surface area contributed by atoms with Gasteiger partial charge in [0.15, 0.2) is 0 Å². The summed E-state index contributed by atoms with van der Waals surface area (Å²) in [4.78, 5) is 11.7. The number of anilines is 1. The van der Waals surface area contributed by atoms with Crippen molar-refractivity contribution in [1.82, 2.24) is 4.57 Å². The topological polar surface area (TPSA) is 74.5 Å². The summed E-state index contributed by atoms with van der Waals surface area (Å²) >= 11 is 0. The zero-order valence-electron chi connectivity index (χ0n) is 12.7. The Kier molecular flexibility index (Phi) is 2.33. The van der Waals surface area contributed by atoms with Crippen molar-refractivity contribution in [2.24, 2.45) is 0 Å². The van der Waals surface area contributed by atoms with Gasteiger partial charge >= 0.3 is 0 Å². The number of nitrogens with zero attached hydrogens (tertiary/aromatic N) is 1. The van der Waals surface area contributed by atoms with E-state index in [1.54, 1.807) is 0 Å². The fourth-order valence-corrected chi connectivity index (χ4v) is 4.23. The number of Topliss-reactive ketones (excluding diaryl/α,β-unsaturated/α-hetero) is 1. The van der Waals surface area contributed by atoms with Gasteiger partial charge in [0, 0.05) is 29.8 Å². The Hall–Kier alpha value is -2.43. The second-order valence-corrected chi connectivity index (χ2v) is 6.91. The van der Waals surface area contributed by atoms with Gasteiger partial charge in [-0.1, -0.05) is 6.07 Å². The maximum atomic E-state index is 11.7. The van der Waals surface area contributed by atoms with Gasteiger partial charge in [0.05, 0.1) is 11.1 Å². The summed E-state index contributed by atoms with van der Waals surface area (Å²) in [5.41, 5.74) is 4.13. The van der Waals surface area contributed by atoms with E-state index in [1.165, 1.54) is 4.57 Å². The molecule has 1 saturated carbocycles. The van der Waals surface area contributed by atoms with Crippen LogP contribution in [0.25, 0.3) is 5.69 Å². The summed E-state index contributed by atoms with van der Waals surface area (Å²) in [7, 11) is 0. The van der Waals surface area contributed by atoms with Gasteiger partial charge in [-0.15, -0.1) is 0 Å². The number of rotatable bonds is 1. The fraction of sp³-hybridized carbons (Fsp3) is 0.389. The molecule has 1 atom stereocenters. The van der Waals surface area contributed by atoms with Gasteiger partial charge in [0.2, 0.25) is 11.8 Å². The summed E-state index contributed by atoms with van der Waals surface area (Å²) in [6, 6.07) is 5.75. The van der Waals surface area contributed by atoms with Crippen LogP contribution in [0.2, 0.25) is 0 Å². The molecule has 3 N–H and O–H groups in total. The van der Waals surface area contributed by atoms with Crippen molar-refractivity contribution in [1.29, 1.82) is 0 Å². The van der Waals surface area contributed by atoms with Crippen LogP contribution >= 0.6 is 0 Å². The molecule has 1 spiro atoms. The molecule has 23 heavy (non-hydrogen) atoms. The molecule has 2 aromatic rings. The van der Waals surface area contributed by atoms with Gasteiger partial charge in [-0.2, -0.15) is 0 Å². The highest BCUT2D eigenvalue weighted by Gasteiger charge is 2.58. The molecule has 1 aromatic carbocycles. The van der Waals surface area contributed by atoms with Crippen molar-refractivity contribution in [2.45, 2.75) is 37.5 Å². The zero-order chi connectivity index (χ0) is 15.8. The summed E-state index contributed by atoms with van der Waals surface area (Å²) in [6.45, 7) is 0.658. The molecule has 3 aliphatic rings. The highest BCUT2D eigenvalue weighted by atomic mass is 16.3. The second-order valence-electron chi connectivity index (χ2n) is 6.91. The van der Waals surface area contributed by atoms with Crippen LogP contribution in [-0.2, 0) is 23.1 Å². The van der Waals surface area contributed by atoms with Crippen molar-refractivity contribution in [2.75, 3.05) is 11.9 Å². The number of ketones is 1. The predicted octanol–water partition coefficient (Wildman–Crippen LogP) is 2.40. The third-order valence-corrected chi connectivity index (χ3v) is 5.66. The minimum absolute atomic E-state index is 0.146. The standard InChI is InChI=1S/C18H18N2O3/c21-15-8-18(15)9-19-14-7-10(5-6-13(14)18)20-16(22)11-3-1-2-4-12(11)17(20)23/h5-7,19,22-23H,1-4,8-9H2. The molecule has 5 rings (SSSR count). The Morgan fingerprint density at radius 3 is 2.35 bits per heavy atom. The Morgan fingerprint density at radius 1 is 1.09 bits per heavy atom. The minimum Gasteiger partial charge on any atom is -0.494 e. The number of aromatic hydroxyl groups is 2. The number of carbonyl (C=O) groups is 1. The van der Waals surface area contributed by atoms with Crippen LogP contribution in [0.3, 0.4) is 0 Å². The van der Waals surface area contributed by atoms with Gasteiger partial charge in [0.1, 0.15) is 5.78 Å². The van der Waals surface area contributed by atoms with Crippen LogP contribution in [0.5, 0.6) is 11.8 Å². The van der Waals surface area contributed by atoms with Crippen LogP contribution in [0, 0.1) is 0 Å². The lowest BCUT2D eigenvalue weighted by Gasteiger charge is -2.10. The van der Waals surface area contributed by atoms with E-state index >= 15 is 0 Å². The normalized spacial score (nSPS) is 24.4. The molecule has 1 fully saturated rings. The smallest absolute Gasteiger partial charge is 0.202 e. The number of hydrogen-bond acceptors (Lipinski definition) is 4. The zero-order valence-corrected chi connectivity index (χ0v) is 12.7. The van der Waals surface area contributed by atoms with Crippen LogP contribution in [0.1, 0.15) is 36.0 Å². The number of carbonyl (C=O) groups excluding carboxylic acids is 1. The number of nitrogens with one attached hydrogen (secondary N) is 1. The van der Waals surface area contributed by atoms with Gasteiger partial charge in [-0.3, -0.25) is 9.36 Å². The van der Waals surface area contributed by atoms with E-state index in [9.17, 15) is 15.0 Å². The maximum absolute atomic E-state index is 11.7. The first kappa shape index (κ1) is 13.0. The molecular formula is C18H18N2O3. The Bertz CT molecular complexity index is 838. The van der Waals surface area contributed by atoms with E-state index < -0.39 is 0 Å². The lowest BCUT2D eigenvalue weighted by atomic mass is 9.95. The third kappa shape index (κ3) is 1.54.